The minimum absolute atomic E-state index is 0.0634. The molecule has 2 N–H and O–H groups in total. The molecule has 0 aliphatic rings. The van der Waals surface area contributed by atoms with Crippen molar-refractivity contribution in [3.8, 4) is 0 Å². The molecule has 0 saturated heterocycles. The van der Waals surface area contributed by atoms with Gasteiger partial charge in [0.15, 0.2) is 0 Å². The lowest BCUT2D eigenvalue weighted by Crippen LogP contribution is -2.48. The monoisotopic (exact) mass is 238 g/mol. The second-order valence-corrected chi connectivity index (χ2v) is 5.55. The van der Waals surface area contributed by atoms with E-state index in [-0.39, 0.29) is 11.3 Å². The van der Waals surface area contributed by atoms with Gasteiger partial charge in [0.25, 0.3) is 0 Å². The van der Waals surface area contributed by atoms with E-state index in [9.17, 15) is 4.79 Å². The van der Waals surface area contributed by atoms with Crippen molar-refractivity contribution in [2.24, 2.45) is 11.1 Å². The fourth-order valence-electron chi connectivity index (χ4n) is 1.49. The van der Waals surface area contributed by atoms with Gasteiger partial charge in [-0.05, 0) is 24.5 Å². The summed E-state index contributed by atoms with van der Waals surface area (Å²) in [6, 6.07) is 3.27. The normalized spacial score (nSPS) is 13.5. The van der Waals surface area contributed by atoms with Crippen molar-refractivity contribution in [2.75, 3.05) is 7.05 Å². The summed E-state index contributed by atoms with van der Waals surface area (Å²) in [5.41, 5.74) is 5.70. The molecule has 0 aliphatic heterocycles. The average Bonchev–Trinajstić information content (AvgIpc) is 2.60. The Hall–Kier alpha value is -1.29. The van der Waals surface area contributed by atoms with Crippen molar-refractivity contribution in [1.82, 2.24) is 4.90 Å². The molecule has 4 heteroatoms. The van der Waals surface area contributed by atoms with E-state index in [1.54, 1.807) is 11.9 Å². The zero-order chi connectivity index (χ0) is 13.2. The molecule has 0 unspecified atom stereocenters. The Morgan fingerprint density at radius 1 is 1.47 bits per heavy atom. The number of furan rings is 1. The van der Waals surface area contributed by atoms with E-state index in [2.05, 4.69) is 0 Å². The third kappa shape index (κ3) is 3.60. The Bertz CT molecular complexity index is 390. The molecule has 0 radical (unpaired) electrons. The van der Waals surface area contributed by atoms with Crippen LogP contribution in [0.1, 0.15) is 32.3 Å². The molecule has 0 saturated carbocycles. The van der Waals surface area contributed by atoms with Crippen LogP contribution < -0.4 is 5.73 Å². The van der Waals surface area contributed by atoms with Crippen molar-refractivity contribution >= 4 is 5.91 Å². The largest absolute Gasteiger partial charge is 0.464 e. The van der Waals surface area contributed by atoms with E-state index >= 15 is 0 Å². The predicted octanol–water partition coefficient (Wildman–Crippen LogP) is 1.92. The summed E-state index contributed by atoms with van der Waals surface area (Å²) in [6.07, 6.45) is 0. The SMILES string of the molecule is Cc1ccc(CN(C)C(=O)[C@H](N)C(C)(C)C)o1. The number of aryl methyl sites for hydroxylation is 1. The second-order valence-electron chi connectivity index (χ2n) is 5.55. The van der Waals surface area contributed by atoms with Gasteiger partial charge in [-0.1, -0.05) is 20.8 Å². The number of carbonyl (C=O) groups is 1. The molecular weight excluding hydrogens is 216 g/mol. The number of carbonyl (C=O) groups excluding carboxylic acids is 1. The zero-order valence-electron chi connectivity index (χ0n) is 11.3. The molecule has 0 aromatic carbocycles. The smallest absolute Gasteiger partial charge is 0.240 e. The molecule has 1 rings (SSSR count). The van der Waals surface area contributed by atoms with E-state index in [0.29, 0.717) is 6.54 Å². The Morgan fingerprint density at radius 2 is 2.06 bits per heavy atom. The molecular formula is C13H22N2O2. The quantitative estimate of drug-likeness (QED) is 0.875. The number of likely N-dealkylation sites (N-methyl/N-ethyl adjacent to an activating group) is 1. The summed E-state index contributed by atoms with van der Waals surface area (Å²) >= 11 is 0. The number of rotatable bonds is 3. The maximum atomic E-state index is 12.1. The van der Waals surface area contributed by atoms with E-state index < -0.39 is 6.04 Å². The first-order valence-corrected chi connectivity index (χ1v) is 5.77. The third-order valence-corrected chi connectivity index (χ3v) is 2.76. The molecule has 1 amide bonds. The van der Waals surface area contributed by atoms with Crippen LogP contribution in [-0.4, -0.2) is 23.9 Å². The fourth-order valence-corrected chi connectivity index (χ4v) is 1.49. The summed E-state index contributed by atoms with van der Waals surface area (Å²) in [7, 11) is 1.74. The fraction of sp³-hybridized carbons (Fsp3) is 0.615. The van der Waals surface area contributed by atoms with Crippen LogP contribution in [0.25, 0.3) is 0 Å². The molecule has 0 spiro atoms. The number of nitrogens with two attached hydrogens (primary N) is 1. The standard InChI is InChI=1S/C13H22N2O2/c1-9-6-7-10(17-9)8-15(5)12(16)11(14)13(2,3)4/h6-7,11H,8,14H2,1-5H3/t11-/m0/s1. The molecule has 17 heavy (non-hydrogen) atoms. The van der Waals surface area contributed by atoms with E-state index in [1.807, 2.05) is 39.8 Å². The van der Waals surface area contributed by atoms with E-state index in [4.69, 9.17) is 10.2 Å². The first kappa shape index (κ1) is 13.8. The summed E-state index contributed by atoms with van der Waals surface area (Å²) in [4.78, 5) is 13.7. The van der Waals surface area contributed by atoms with Gasteiger partial charge in [0, 0.05) is 7.05 Å². The van der Waals surface area contributed by atoms with Crippen LogP contribution in [0.5, 0.6) is 0 Å². The van der Waals surface area contributed by atoms with Crippen LogP contribution >= 0.6 is 0 Å². The van der Waals surface area contributed by atoms with Crippen molar-refractivity contribution in [1.29, 1.82) is 0 Å². The second kappa shape index (κ2) is 4.92. The number of amides is 1. The lowest BCUT2D eigenvalue weighted by molar-refractivity contribution is -0.134. The van der Waals surface area contributed by atoms with Crippen LogP contribution in [0.2, 0.25) is 0 Å². The molecule has 1 aromatic heterocycles. The van der Waals surface area contributed by atoms with E-state index in [0.717, 1.165) is 11.5 Å². The highest BCUT2D eigenvalue weighted by Crippen LogP contribution is 2.19. The molecule has 0 bridgehead atoms. The Balaban J connectivity index is 2.65. The molecule has 1 atom stereocenters. The van der Waals surface area contributed by atoms with Crippen LogP contribution in [0.3, 0.4) is 0 Å². The van der Waals surface area contributed by atoms with E-state index in [1.165, 1.54) is 0 Å². The topological polar surface area (TPSA) is 59.5 Å². The molecule has 1 aromatic rings. The summed E-state index contributed by atoms with van der Waals surface area (Å²) in [6.45, 7) is 8.21. The van der Waals surface area contributed by atoms with Crippen molar-refractivity contribution in [3.05, 3.63) is 23.7 Å². The van der Waals surface area contributed by atoms with Gasteiger partial charge in [-0.3, -0.25) is 4.79 Å². The van der Waals surface area contributed by atoms with Gasteiger partial charge in [0.05, 0.1) is 12.6 Å². The highest BCUT2D eigenvalue weighted by Gasteiger charge is 2.29. The van der Waals surface area contributed by atoms with Crippen molar-refractivity contribution in [2.45, 2.75) is 40.3 Å². The number of hydrogen-bond acceptors (Lipinski definition) is 3. The first-order valence-electron chi connectivity index (χ1n) is 5.77. The Kier molecular flexibility index (Phi) is 3.98. The van der Waals surface area contributed by atoms with Gasteiger partial charge in [-0.15, -0.1) is 0 Å². The summed E-state index contributed by atoms with van der Waals surface area (Å²) < 4.78 is 5.43. The Morgan fingerprint density at radius 3 is 2.47 bits per heavy atom. The third-order valence-electron chi connectivity index (χ3n) is 2.76. The van der Waals surface area contributed by atoms with Crippen molar-refractivity contribution in [3.63, 3.8) is 0 Å². The molecule has 0 fully saturated rings. The lowest BCUT2D eigenvalue weighted by Gasteiger charge is -2.29. The molecule has 0 aliphatic carbocycles. The van der Waals surface area contributed by atoms with Gasteiger partial charge in [-0.2, -0.15) is 0 Å². The van der Waals surface area contributed by atoms with Crippen LogP contribution in [0, 0.1) is 12.3 Å². The number of hydrogen-bond donors (Lipinski definition) is 1. The predicted molar refractivity (Wildman–Crippen MR) is 67.3 cm³/mol. The maximum absolute atomic E-state index is 12.1. The van der Waals surface area contributed by atoms with Crippen LogP contribution in [0.15, 0.2) is 16.5 Å². The van der Waals surface area contributed by atoms with Gasteiger partial charge in [-0.25, -0.2) is 0 Å². The average molecular weight is 238 g/mol. The number of nitrogens with zero attached hydrogens (tertiary/aromatic N) is 1. The minimum Gasteiger partial charge on any atom is -0.464 e. The highest BCUT2D eigenvalue weighted by molar-refractivity contribution is 5.82. The molecule has 96 valence electrons. The highest BCUT2D eigenvalue weighted by atomic mass is 16.3. The zero-order valence-corrected chi connectivity index (χ0v) is 11.3. The minimum atomic E-state index is -0.497. The summed E-state index contributed by atoms with van der Waals surface area (Å²) in [5.74, 6) is 1.56. The van der Waals surface area contributed by atoms with Gasteiger partial charge >= 0.3 is 0 Å². The molecule has 1 heterocycles. The van der Waals surface area contributed by atoms with Gasteiger partial charge in [0.2, 0.25) is 5.91 Å². The van der Waals surface area contributed by atoms with Crippen LogP contribution in [-0.2, 0) is 11.3 Å². The van der Waals surface area contributed by atoms with Gasteiger partial charge in [0.1, 0.15) is 11.5 Å². The van der Waals surface area contributed by atoms with Crippen LogP contribution in [0.4, 0.5) is 0 Å². The van der Waals surface area contributed by atoms with Gasteiger partial charge < -0.3 is 15.1 Å². The summed E-state index contributed by atoms with van der Waals surface area (Å²) in [5, 5.41) is 0. The lowest BCUT2D eigenvalue weighted by atomic mass is 9.86. The Labute approximate surface area is 103 Å². The maximum Gasteiger partial charge on any atom is 0.240 e. The van der Waals surface area contributed by atoms with Crippen molar-refractivity contribution < 1.29 is 9.21 Å². The molecule has 4 nitrogen and oxygen atoms in total. The first-order chi connectivity index (χ1) is 7.71.